The van der Waals surface area contributed by atoms with Gasteiger partial charge >= 0.3 is 0 Å². The van der Waals surface area contributed by atoms with Gasteiger partial charge in [0.15, 0.2) is 0 Å². The molecule has 1 aliphatic rings. The summed E-state index contributed by atoms with van der Waals surface area (Å²) in [6.45, 7) is 0. The third kappa shape index (κ3) is 1.99. The fourth-order valence-corrected chi connectivity index (χ4v) is 3.93. The first-order valence-corrected chi connectivity index (χ1v) is 6.95. The number of nitrogens with two attached hydrogens (primary N) is 1. The van der Waals surface area contributed by atoms with Gasteiger partial charge in [0.05, 0.1) is 11.6 Å². The molecule has 2 atom stereocenters. The van der Waals surface area contributed by atoms with Gasteiger partial charge in [-0.3, -0.25) is 0 Å². The number of rotatable bonds is 1. The van der Waals surface area contributed by atoms with Crippen molar-refractivity contribution < 1.29 is 5.11 Å². The molecule has 1 heterocycles. The van der Waals surface area contributed by atoms with Crippen LogP contribution in [-0.4, -0.2) is 11.2 Å². The van der Waals surface area contributed by atoms with Crippen molar-refractivity contribution >= 4 is 21.4 Å². The summed E-state index contributed by atoms with van der Waals surface area (Å²) in [5, 5.41) is 11.1. The van der Waals surface area contributed by atoms with Gasteiger partial charge in [-0.15, -0.1) is 11.3 Å². The number of fused-ring (bicyclic) bond motifs is 1. The van der Waals surface area contributed by atoms with Gasteiger partial charge in [0.2, 0.25) is 0 Å². The van der Waals surface area contributed by atoms with Gasteiger partial charge in [-0.2, -0.15) is 0 Å². The molecule has 17 heavy (non-hydrogen) atoms. The molecule has 3 rings (SSSR count). The Bertz CT molecular complexity index is 503. The highest BCUT2D eigenvalue weighted by atomic mass is 32.1. The van der Waals surface area contributed by atoms with Gasteiger partial charge in [0.25, 0.3) is 0 Å². The van der Waals surface area contributed by atoms with Crippen LogP contribution in [0.25, 0.3) is 10.1 Å². The Morgan fingerprint density at radius 3 is 2.94 bits per heavy atom. The summed E-state index contributed by atoms with van der Waals surface area (Å²) in [4.78, 5) is 1.22. The van der Waals surface area contributed by atoms with Crippen molar-refractivity contribution in [1.29, 1.82) is 0 Å². The normalized spacial score (nSPS) is 29.6. The lowest BCUT2D eigenvalue weighted by molar-refractivity contribution is 0.0879. The van der Waals surface area contributed by atoms with Crippen molar-refractivity contribution in [3.63, 3.8) is 0 Å². The summed E-state index contributed by atoms with van der Waals surface area (Å²) in [5.41, 5.74) is 6.17. The van der Waals surface area contributed by atoms with Gasteiger partial charge in [-0.1, -0.05) is 18.2 Å². The van der Waals surface area contributed by atoms with Gasteiger partial charge < -0.3 is 10.8 Å². The maximum absolute atomic E-state index is 9.81. The van der Waals surface area contributed by atoms with Crippen molar-refractivity contribution in [1.82, 2.24) is 0 Å². The average molecular weight is 247 g/mol. The maximum Gasteiger partial charge on any atom is 0.0561 e. The first-order valence-electron chi connectivity index (χ1n) is 6.13. The van der Waals surface area contributed by atoms with Gasteiger partial charge in [-0.05, 0) is 43.2 Å². The van der Waals surface area contributed by atoms with E-state index in [0.717, 1.165) is 19.3 Å². The highest BCUT2D eigenvalue weighted by Gasteiger charge is 2.34. The van der Waals surface area contributed by atoms with E-state index in [0.29, 0.717) is 6.42 Å². The van der Waals surface area contributed by atoms with Crippen LogP contribution >= 0.6 is 11.3 Å². The minimum atomic E-state index is -0.318. The average Bonchev–Trinajstić information content (AvgIpc) is 2.73. The SMILES string of the molecule is N[C@@]1(c2cc3ccccc3s2)CCC[C@@H](O)C1. The molecule has 0 bridgehead atoms. The van der Waals surface area contributed by atoms with Crippen LogP contribution in [0, 0.1) is 0 Å². The highest BCUT2D eigenvalue weighted by Crippen LogP contribution is 2.40. The number of aliphatic hydroxyl groups excluding tert-OH is 1. The predicted octanol–water partition coefficient (Wildman–Crippen LogP) is 2.99. The predicted molar refractivity (Wildman–Crippen MR) is 72.2 cm³/mol. The van der Waals surface area contributed by atoms with Crippen LogP contribution in [0.5, 0.6) is 0 Å². The van der Waals surface area contributed by atoms with Gasteiger partial charge in [0, 0.05) is 9.58 Å². The zero-order valence-electron chi connectivity index (χ0n) is 9.73. The van der Waals surface area contributed by atoms with E-state index in [4.69, 9.17) is 5.73 Å². The van der Waals surface area contributed by atoms with Crippen LogP contribution in [0.1, 0.15) is 30.6 Å². The van der Waals surface area contributed by atoms with Crippen LogP contribution in [0.4, 0.5) is 0 Å². The Labute approximate surface area is 105 Å². The van der Waals surface area contributed by atoms with E-state index < -0.39 is 0 Å². The molecular weight excluding hydrogens is 230 g/mol. The van der Waals surface area contributed by atoms with Gasteiger partial charge in [0.1, 0.15) is 0 Å². The molecule has 1 aromatic carbocycles. The molecule has 1 aromatic heterocycles. The number of thiophene rings is 1. The fraction of sp³-hybridized carbons (Fsp3) is 0.429. The molecule has 90 valence electrons. The van der Waals surface area contributed by atoms with E-state index in [1.165, 1.54) is 15.0 Å². The van der Waals surface area contributed by atoms with E-state index in [1.807, 2.05) is 0 Å². The molecule has 0 saturated heterocycles. The molecule has 3 N–H and O–H groups in total. The second-order valence-corrected chi connectivity index (χ2v) is 6.14. The Kier molecular flexibility index (Phi) is 2.69. The first kappa shape index (κ1) is 11.2. The van der Waals surface area contributed by atoms with Crippen LogP contribution in [0.3, 0.4) is 0 Å². The van der Waals surface area contributed by atoms with E-state index in [1.54, 1.807) is 11.3 Å². The molecule has 0 aliphatic heterocycles. The van der Waals surface area contributed by atoms with Crippen molar-refractivity contribution in [2.24, 2.45) is 5.73 Å². The van der Waals surface area contributed by atoms with Crippen molar-refractivity contribution in [2.45, 2.75) is 37.3 Å². The van der Waals surface area contributed by atoms with Crippen LogP contribution in [-0.2, 0) is 5.54 Å². The molecule has 0 amide bonds. The second kappa shape index (κ2) is 4.09. The minimum Gasteiger partial charge on any atom is -0.393 e. The standard InChI is InChI=1S/C14H17NOS/c15-14(7-3-5-11(16)9-14)13-8-10-4-1-2-6-12(10)17-13/h1-2,4,6,8,11,16H,3,5,7,9,15H2/t11-,14+/m1/s1. The summed E-state index contributed by atoms with van der Waals surface area (Å²) in [7, 11) is 0. The van der Waals surface area contributed by atoms with E-state index in [2.05, 4.69) is 30.3 Å². The number of benzene rings is 1. The summed E-state index contributed by atoms with van der Waals surface area (Å²) in [5.74, 6) is 0. The van der Waals surface area contributed by atoms with Crippen LogP contribution in [0.2, 0.25) is 0 Å². The van der Waals surface area contributed by atoms with Crippen molar-refractivity contribution in [3.8, 4) is 0 Å². The molecule has 2 aromatic rings. The first-order chi connectivity index (χ1) is 8.17. The maximum atomic E-state index is 9.81. The molecule has 0 radical (unpaired) electrons. The minimum absolute atomic E-state index is 0.237. The molecular formula is C14H17NOS. The molecule has 1 aliphatic carbocycles. The third-order valence-corrected chi connectivity index (χ3v) is 5.01. The van der Waals surface area contributed by atoms with Crippen molar-refractivity contribution in [3.05, 3.63) is 35.2 Å². The van der Waals surface area contributed by atoms with E-state index >= 15 is 0 Å². The number of aliphatic hydroxyl groups is 1. The third-order valence-electron chi connectivity index (χ3n) is 3.68. The molecule has 1 saturated carbocycles. The lowest BCUT2D eigenvalue weighted by Gasteiger charge is -2.35. The largest absolute Gasteiger partial charge is 0.393 e. The molecule has 3 heteroatoms. The quantitative estimate of drug-likeness (QED) is 0.813. The lowest BCUT2D eigenvalue weighted by atomic mass is 9.80. The van der Waals surface area contributed by atoms with Crippen LogP contribution < -0.4 is 5.73 Å². The molecule has 0 spiro atoms. The number of hydrogen-bond donors (Lipinski definition) is 2. The van der Waals surface area contributed by atoms with Crippen LogP contribution in [0.15, 0.2) is 30.3 Å². The Morgan fingerprint density at radius 1 is 1.35 bits per heavy atom. The Balaban J connectivity index is 2.02. The summed E-state index contributed by atoms with van der Waals surface area (Å²) >= 11 is 1.77. The second-order valence-electron chi connectivity index (χ2n) is 5.05. The summed E-state index contributed by atoms with van der Waals surface area (Å²) in [6, 6.07) is 10.6. The van der Waals surface area contributed by atoms with E-state index in [-0.39, 0.29) is 11.6 Å². The van der Waals surface area contributed by atoms with Crippen molar-refractivity contribution in [2.75, 3.05) is 0 Å². The molecule has 0 unspecified atom stereocenters. The monoisotopic (exact) mass is 247 g/mol. The fourth-order valence-electron chi connectivity index (χ4n) is 2.73. The molecule has 2 nitrogen and oxygen atoms in total. The summed E-state index contributed by atoms with van der Waals surface area (Å²) < 4.78 is 1.28. The highest BCUT2D eigenvalue weighted by molar-refractivity contribution is 7.19. The molecule has 1 fully saturated rings. The smallest absolute Gasteiger partial charge is 0.0561 e. The zero-order chi connectivity index (χ0) is 11.9. The zero-order valence-corrected chi connectivity index (χ0v) is 10.5. The Hall–Kier alpha value is -0.900. The lowest BCUT2D eigenvalue weighted by Crippen LogP contribution is -2.42. The topological polar surface area (TPSA) is 46.2 Å². The van der Waals surface area contributed by atoms with Gasteiger partial charge in [-0.25, -0.2) is 0 Å². The Morgan fingerprint density at radius 2 is 2.18 bits per heavy atom. The number of hydrogen-bond acceptors (Lipinski definition) is 3. The summed E-state index contributed by atoms with van der Waals surface area (Å²) in [6.07, 6.45) is 3.35. The van der Waals surface area contributed by atoms with E-state index in [9.17, 15) is 5.11 Å².